The van der Waals surface area contributed by atoms with Crippen LogP contribution in [0.5, 0.6) is 0 Å². The van der Waals surface area contributed by atoms with E-state index in [2.05, 4.69) is 10.2 Å². The minimum absolute atomic E-state index is 0.0503. The molecule has 0 heterocycles. The van der Waals surface area contributed by atoms with Crippen LogP contribution in [0.4, 0.5) is 4.39 Å². The van der Waals surface area contributed by atoms with E-state index in [4.69, 9.17) is 11.6 Å². The van der Waals surface area contributed by atoms with E-state index in [0.29, 0.717) is 23.2 Å². The molecule has 0 aromatic heterocycles. The van der Waals surface area contributed by atoms with Crippen molar-refractivity contribution in [3.63, 3.8) is 0 Å². The van der Waals surface area contributed by atoms with E-state index in [1.165, 1.54) is 6.07 Å². The first-order valence-corrected chi connectivity index (χ1v) is 8.93. The Bertz CT molecular complexity index is 731. The van der Waals surface area contributed by atoms with Crippen molar-refractivity contribution in [1.29, 1.82) is 0 Å². The maximum Gasteiger partial charge on any atom is 0.234 e. The Labute approximate surface area is 152 Å². The summed E-state index contributed by atoms with van der Waals surface area (Å²) in [6.45, 7) is 2.68. The first kappa shape index (κ1) is 17.9. The van der Waals surface area contributed by atoms with Gasteiger partial charge in [-0.25, -0.2) is 4.39 Å². The second-order valence-corrected chi connectivity index (χ2v) is 7.00. The number of benzene rings is 2. The maximum atomic E-state index is 13.9. The number of amides is 1. The van der Waals surface area contributed by atoms with Crippen molar-refractivity contribution in [3.05, 3.63) is 70.5 Å². The molecule has 1 amide bonds. The minimum atomic E-state index is -0.219. The summed E-state index contributed by atoms with van der Waals surface area (Å²) in [5.41, 5.74) is 1.64. The average Bonchev–Trinajstić information content (AvgIpc) is 3.41. The zero-order chi connectivity index (χ0) is 17.8. The topological polar surface area (TPSA) is 32.3 Å². The first-order valence-electron chi connectivity index (χ1n) is 8.55. The van der Waals surface area contributed by atoms with Crippen LogP contribution in [0.1, 0.15) is 36.9 Å². The lowest BCUT2D eigenvalue weighted by atomic mass is 10.1. The predicted molar refractivity (Wildman–Crippen MR) is 97.8 cm³/mol. The molecule has 0 unspecified atom stereocenters. The van der Waals surface area contributed by atoms with Crippen LogP contribution in [-0.4, -0.2) is 23.4 Å². The summed E-state index contributed by atoms with van der Waals surface area (Å²) in [6, 6.07) is 14.5. The van der Waals surface area contributed by atoms with Gasteiger partial charge in [0.15, 0.2) is 0 Å². The number of nitrogens with zero attached hydrogens (tertiary/aromatic N) is 1. The van der Waals surface area contributed by atoms with Crippen LogP contribution >= 0.6 is 11.6 Å². The average molecular weight is 361 g/mol. The van der Waals surface area contributed by atoms with Gasteiger partial charge in [0.25, 0.3) is 0 Å². The van der Waals surface area contributed by atoms with Gasteiger partial charge in [-0.1, -0.05) is 41.9 Å². The number of hydrogen-bond donors (Lipinski definition) is 1. The van der Waals surface area contributed by atoms with Crippen LogP contribution in [0.25, 0.3) is 0 Å². The van der Waals surface area contributed by atoms with Crippen LogP contribution in [0.15, 0.2) is 48.5 Å². The van der Waals surface area contributed by atoms with Gasteiger partial charge in [0.2, 0.25) is 5.91 Å². The van der Waals surface area contributed by atoms with Gasteiger partial charge in [0, 0.05) is 23.2 Å². The van der Waals surface area contributed by atoms with Crippen molar-refractivity contribution >= 4 is 17.5 Å². The normalized spacial score (nSPS) is 15.2. The van der Waals surface area contributed by atoms with Crippen LogP contribution in [0.3, 0.4) is 0 Å². The molecule has 0 aliphatic heterocycles. The van der Waals surface area contributed by atoms with Gasteiger partial charge in [-0.2, -0.15) is 0 Å². The van der Waals surface area contributed by atoms with Gasteiger partial charge in [-0.3, -0.25) is 9.69 Å². The molecule has 1 N–H and O–H groups in total. The lowest BCUT2D eigenvalue weighted by Gasteiger charge is -2.23. The van der Waals surface area contributed by atoms with Crippen molar-refractivity contribution in [2.24, 2.45) is 0 Å². The standard InChI is InChI=1S/C20H22ClFN2O/c1-14(15-6-8-17(21)9-7-15)23-20(25)13-24(18-10-11-18)12-16-4-2-3-5-19(16)22/h2-9,14,18H,10-13H2,1H3,(H,23,25)/t14-/m1/s1. The molecule has 0 bridgehead atoms. The molecule has 2 aromatic rings. The molecule has 3 rings (SSSR count). The lowest BCUT2D eigenvalue weighted by Crippen LogP contribution is -2.39. The van der Waals surface area contributed by atoms with Gasteiger partial charge in [0.1, 0.15) is 5.82 Å². The summed E-state index contributed by atoms with van der Waals surface area (Å²) in [4.78, 5) is 14.5. The summed E-state index contributed by atoms with van der Waals surface area (Å²) in [7, 11) is 0. The molecule has 3 nitrogen and oxygen atoms in total. The van der Waals surface area contributed by atoms with E-state index >= 15 is 0 Å². The van der Waals surface area contributed by atoms with Crippen molar-refractivity contribution in [2.45, 2.75) is 38.4 Å². The molecule has 1 aliphatic rings. The fraction of sp³-hybridized carbons (Fsp3) is 0.350. The van der Waals surface area contributed by atoms with Crippen molar-refractivity contribution in [1.82, 2.24) is 10.2 Å². The highest BCUT2D eigenvalue weighted by Gasteiger charge is 2.31. The predicted octanol–water partition coefficient (Wildman–Crippen LogP) is 4.32. The molecule has 0 spiro atoms. The van der Waals surface area contributed by atoms with Crippen LogP contribution in [-0.2, 0) is 11.3 Å². The number of rotatable bonds is 7. The Kier molecular flexibility index (Phi) is 5.71. The zero-order valence-corrected chi connectivity index (χ0v) is 15.0. The Hall–Kier alpha value is -1.91. The van der Waals surface area contributed by atoms with E-state index < -0.39 is 0 Å². The molecule has 132 valence electrons. The first-order chi connectivity index (χ1) is 12.0. The third-order valence-electron chi connectivity index (χ3n) is 4.49. The molecule has 0 saturated heterocycles. The van der Waals surface area contributed by atoms with Crippen molar-refractivity contribution < 1.29 is 9.18 Å². The Morgan fingerprint density at radius 3 is 2.56 bits per heavy atom. The summed E-state index contributed by atoms with van der Waals surface area (Å²) >= 11 is 5.90. The van der Waals surface area contributed by atoms with Crippen LogP contribution < -0.4 is 5.32 Å². The van der Waals surface area contributed by atoms with Gasteiger partial charge >= 0.3 is 0 Å². The van der Waals surface area contributed by atoms with Gasteiger partial charge in [-0.15, -0.1) is 0 Å². The van der Waals surface area contributed by atoms with E-state index in [1.807, 2.05) is 37.3 Å². The van der Waals surface area contributed by atoms with Crippen LogP contribution in [0.2, 0.25) is 5.02 Å². The Morgan fingerprint density at radius 2 is 1.92 bits per heavy atom. The van der Waals surface area contributed by atoms with Crippen LogP contribution in [0, 0.1) is 5.82 Å². The third-order valence-corrected chi connectivity index (χ3v) is 4.74. The summed E-state index contributed by atoms with van der Waals surface area (Å²) in [5.74, 6) is -0.270. The summed E-state index contributed by atoms with van der Waals surface area (Å²) < 4.78 is 13.9. The second-order valence-electron chi connectivity index (χ2n) is 6.57. The maximum absolute atomic E-state index is 13.9. The molecular weight excluding hydrogens is 339 g/mol. The van der Waals surface area contributed by atoms with E-state index in [0.717, 1.165) is 18.4 Å². The molecule has 1 saturated carbocycles. The molecule has 25 heavy (non-hydrogen) atoms. The number of hydrogen-bond acceptors (Lipinski definition) is 2. The fourth-order valence-corrected chi connectivity index (χ4v) is 3.03. The third kappa shape index (κ3) is 5.03. The minimum Gasteiger partial charge on any atom is -0.348 e. The van der Waals surface area contributed by atoms with E-state index in [1.54, 1.807) is 12.1 Å². The van der Waals surface area contributed by atoms with Crippen molar-refractivity contribution in [2.75, 3.05) is 6.54 Å². The monoisotopic (exact) mass is 360 g/mol. The number of carbonyl (C=O) groups excluding carboxylic acids is 1. The van der Waals surface area contributed by atoms with Gasteiger partial charge in [-0.05, 0) is 43.5 Å². The highest BCUT2D eigenvalue weighted by atomic mass is 35.5. The molecular formula is C20H22ClFN2O. The highest BCUT2D eigenvalue weighted by molar-refractivity contribution is 6.30. The smallest absolute Gasteiger partial charge is 0.234 e. The molecule has 2 aromatic carbocycles. The Balaban J connectivity index is 1.59. The quantitative estimate of drug-likeness (QED) is 0.797. The van der Waals surface area contributed by atoms with Crippen molar-refractivity contribution in [3.8, 4) is 0 Å². The number of nitrogens with one attached hydrogen (secondary N) is 1. The number of carbonyl (C=O) groups is 1. The molecule has 5 heteroatoms. The van der Waals surface area contributed by atoms with E-state index in [-0.39, 0.29) is 24.3 Å². The lowest BCUT2D eigenvalue weighted by molar-refractivity contribution is -0.123. The fourth-order valence-electron chi connectivity index (χ4n) is 2.91. The second kappa shape index (κ2) is 7.98. The van der Waals surface area contributed by atoms with Gasteiger partial charge < -0.3 is 5.32 Å². The molecule has 0 radical (unpaired) electrons. The number of halogens is 2. The zero-order valence-electron chi connectivity index (χ0n) is 14.2. The molecule has 1 aliphatic carbocycles. The highest BCUT2D eigenvalue weighted by Crippen LogP contribution is 2.28. The SMILES string of the molecule is C[C@@H](NC(=O)CN(Cc1ccccc1F)C1CC1)c1ccc(Cl)cc1. The van der Waals surface area contributed by atoms with Gasteiger partial charge in [0.05, 0.1) is 12.6 Å². The van der Waals surface area contributed by atoms with E-state index in [9.17, 15) is 9.18 Å². The summed E-state index contributed by atoms with van der Waals surface area (Å²) in [5, 5.41) is 3.68. The Morgan fingerprint density at radius 1 is 1.24 bits per heavy atom. The molecule has 1 atom stereocenters. The molecule has 1 fully saturated rings. The summed E-state index contributed by atoms with van der Waals surface area (Å²) in [6.07, 6.45) is 2.13. The largest absolute Gasteiger partial charge is 0.348 e.